The van der Waals surface area contributed by atoms with Gasteiger partial charge in [-0.1, -0.05) is 0 Å². The number of aromatic carboxylic acids is 4. The Labute approximate surface area is 215 Å². The molecule has 0 saturated heterocycles. The Balaban J connectivity index is 0.00000320. The number of nitrogens with one attached hydrogen (secondary N) is 2. The number of hydrogen-bond donors (Lipinski definition) is 6. The van der Waals surface area contributed by atoms with Gasteiger partial charge in [0.05, 0.1) is 44.8 Å². The van der Waals surface area contributed by atoms with Crippen LogP contribution in [0.25, 0.3) is 46.4 Å². The van der Waals surface area contributed by atoms with Gasteiger partial charge in [-0.2, -0.15) is 0 Å². The Morgan fingerprint density at radius 3 is 1.05 bits per heavy atom. The van der Waals surface area contributed by atoms with Crippen molar-refractivity contribution in [2.24, 2.45) is 0 Å². The summed E-state index contributed by atoms with van der Waals surface area (Å²) in [7, 11) is 0. The fourth-order valence-electron chi connectivity index (χ4n) is 4.11. The summed E-state index contributed by atoms with van der Waals surface area (Å²) >= 11 is 0. The molecule has 2 aliphatic heterocycles. The third-order valence-electron chi connectivity index (χ3n) is 5.61. The van der Waals surface area contributed by atoms with Crippen molar-refractivity contribution in [3.05, 3.63) is 69.3 Å². The maximum atomic E-state index is 12.1. The van der Waals surface area contributed by atoms with Crippen molar-refractivity contribution >= 4 is 70.2 Å². The average Bonchev–Trinajstić information content (AvgIpc) is 3.57. The van der Waals surface area contributed by atoms with Crippen molar-refractivity contribution in [2.75, 3.05) is 0 Å². The van der Waals surface area contributed by atoms with E-state index in [0.29, 0.717) is 0 Å². The Hall–Kier alpha value is -5.03. The Bertz CT molecular complexity index is 1650. The minimum atomic E-state index is -1.40. The van der Waals surface area contributed by atoms with Gasteiger partial charge in [-0.25, -0.2) is 29.1 Å². The molecule has 2 aliphatic rings. The predicted octanol–water partition coefficient (Wildman–Crippen LogP) is 3.45. The van der Waals surface area contributed by atoms with Crippen LogP contribution in [0.15, 0.2) is 24.3 Å². The first kappa shape index (κ1) is 25.1. The standard InChI is InChI=1S/C24H14N4O8.Ni/c29-21(30)17-9-1-2-10(25-9)18(22(31)32)12-5-6-14(27-12)20(24(35)36)16-8-7-15(28-16)19(23(33)34)13-4-3-11(17)26-13;/h1-8,25-26H,(H,29,30)(H,31,32)(H,33,34)(H,35,36);. The summed E-state index contributed by atoms with van der Waals surface area (Å²) in [6.07, 6.45) is 5.26. The molecule has 6 N–H and O–H groups in total. The zero-order chi connectivity index (χ0) is 25.7. The number of nitrogens with zero attached hydrogens (tertiary/aromatic N) is 2. The van der Waals surface area contributed by atoms with Crippen LogP contribution in [0.5, 0.6) is 0 Å². The van der Waals surface area contributed by atoms with Gasteiger partial charge in [-0.05, 0) is 48.6 Å². The van der Waals surface area contributed by atoms with E-state index in [-0.39, 0.29) is 83.6 Å². The van der Waals surface area contributed by atoms with Crippen LogP contribution >= 0.6 is 0 Å². The monoisotopic (exact) mass is 544 g/mol. The first-order valence-corrected chi connectivity index (χ1v) is 10.2. The second kappa shape index (κ2) is 9.21. The molecule has 3 aromatic heterocycles. The Morgan fingerprint density at radius 1 is 0.486 bits per heavy atom. The van der Waals surface area contributed by atoms with E-state index < -0.39 is 23.9 Å². The molecular weight excluding hydrogens is 531 g/mol. The van der Waals surface area contributed by atoms with Gasteiger partial charge < -0.3 is 30.4 Å². The van der Waals surface area contributed by atoms with Crippen LogP contribution in [-0.4, -0.2) is 64.2 Å². The summed E-state index contributed by atoms with van der Waals surface area (Å²) in [5.74, 6) is -5.50. The Morgan fingerprint density at radius 2 is 0.757 bits per heavy atom. The molecule has 5 heterocycles. The number of carboxylic acid groups (broad SMARTS) is 4. The molecule has 0 atom stereocenters. The number of carbonyl (C=O) groups is 4. The van der Waals surface area contributed by atoms with E-state index in [9.17, 15) is 39.6 Å². The van der Waals surface area contributed by atoms with Crippen molar-refractivity contribution in [1.82, 2.24) is 19.9 Å². The van der Waals surface area contributed by atoms with Crippen LogP contribution < -0.4 is 0 Å². The molecule has 0 fully saturated rings. The van der Waals surface area contributed by atoms with Crippen molar-refractivity contribution in [3.63, 3.8) is 0 Å². The zero-order valence-corrected chi connectivity index (χ0v) is 19.2. The summed E-state index contributed by atoms with van der Waals surface area (Å²) < 4.78 is 0. The molecule has 0 radical (unpaired) electrons. The van der Waals surface area contributed by atoms with Gasteiger partial charge >= 0.3 is 23.9 Å². The third-order valence-corrected chi connectivity index (χ3v) is 5.61. The SMILES string of the molecule is O=C(O)c1c2nc(c(C(=O)O)c3ccc([nH]3)c(C(=O)O)c3ccc([nH]3)c(C(=O)O)c3nc1C=C3)C=C2.[Ni]. The molecule has 0 unspecified atom stereocenters. The number of aromatic amines is 2. The summed E-state index contributed by atoms with van der Waals surface area (Å²) in [6.45, 7) is 0. The Kier molecular flexibility index (Phi) is 6.24. The van der Waals surface area contributed by atoms with E-state index in [1.165, 1.54) is 48.6 Å². The van der Waals surface area contributed by atoms with E-state index >= 15 is 0 Å². The third kappa shape index (κ3) is 4.17. The minimum absolute atomic E-state index is 0. The largest absolute Gasteiger partial charge is 0.478 e. The second-order valence-corrected chi connectivity index (χ2v) is 7.72. The summed E-state index contributed by atoms with van der Waals surface area (Å²) in [4.78, 5) is 62.4. The van der Waals surface area contributed by atoms with Crippen LogP contribution in [0.3, 0.4) is 0 Å². The number of fused-ring (bicyclic) bond motifs is 8. The molecule has 5 rings (SSSR count). The normalized spacial score (nSPS) is 11.7. The fourth-order valence-corrected chi connectivity index (χ4v) is 4.11. The molecule has 0 amide bonds. The molecule has 0 saturated carbocycles. The molecule has 13 heteroatoms. The van der Waals surface area contributed by atoms with Gasteiger partial charge in [0.15, 0.2) is 0 Å². The van der Waals surface area contributed by atoms with Gasteiger partial charge in [0.2, 0.25) is 0 Å². The first-order valence-electron chi connectivity index (χ1n) is 10.2. The summed E-state index contributed by atoms with van der Waals surface area (Å²) in [5, 5.41) is 39.5. The van der Waals surface area contributed by atoms with Crippen molar-refractivity contribution in [1.29, 1.82) is 0 Å². The summed E-state index contributed by atoms with van der Waals surface area (Å²) in [5.41, 5.74) is -1.38. The summed E-state index contributed by atoms with van der Waals surface area (Å²) in [6, 6.07) is 5.45. The van der Waals surface area contributed by atoms with Gasteiger partial charge in [0, 0.05) is 16.5 Å². The second-order valence-electron chi connectivity index (χ2n) is 7.72. The number of aromatic nitrogens is 4. The van der Waals surface area contributed by atoms with E-state index in [1.807, 2.05) is 0 Å². The molecule has 8 bridgehead atoms. The molecule has 37 heavy (non-hydrogen) atoms. The molecule has 0 spiro atoms. The van der Waals surface area contributed by atoms with Crippen LogP contribution in [0.2, 0.25) is 0 Å². The quantitative estimate of drug-likeness (QED) is 0.181. The minimum Gasteiger partial charge on any atom is -0.478 e. The molecule has 12 nitrogen and oxygen atoms in total. The van der Waals surface area contributed by atoms with Gasteiger partial charge in [0.25, 0.3) is 0 Å². The van der Waals surface area contributed by atoms with Crippen LogP contribution in [0.1, 0.15) is 64.2 Å². The molecule has 3 aromatic rings. The maximum absolute atomic E-state index is 12.1. The first-order chi connectivity index (χ1) is 17.2. The smallest absolute Gasteiger partial charge is 0.340 e. The number of carboxylic acids is 4. The van der Waals surface area contributed by atoms with Crippen LogP contribution in [-0.2, 0) is 16.5 Å². The topological polar surface area (TPSA) is 207 Å². The molecule has 0 aromatic carbocycles. The van der Waals surface area contributed by atoms with E-state index in [4.69, 9.17) is 0 Å². The average molecular weight is 545 g/mol. The zero-order valence-electron chi connectivity index (χ0n) is 18.3. The maximum Gasteiger partial charge on any atom is 0.340 e. The molecule has 188 valence electrons. The van der Waals surface area contributed by atoms with Crippen molar-refractivity contribution in [3.8, 4) is 0 Å². The van der Waals surface area contributed by atoms with E-state index in [0.717, 1.165) is 0 Å². The van der Waals surface area contributed by atoms with Crippen molar-refractivity contribution in [2.45, 2.75) is 0 Å². The van der Waals surface area contributed by atoms with Gasteiger partial charge in [-0.3, -0.25) is 0 Å². The van der Waals surface area contributed by atoms with Crippen LogP contribution in [0, 0.1) is 0 Å². The number of hydrogen-bond acceptors (Lipinski definition) is 6. The predicted molar refractivity (Wildman–Crippen MR) is 127 cm³/mol. The van der Waals surface area contributed by atoms with Gasteiger partial charge in [0.1, 0.15) is 22.3 Å². The number of rotatable bonds is 4. The number of H-pyrrole nitrogens is 2. The van der Waals surface area contributed by atoms with E-state index in [2.05, 4.69) is 19.9 Å². The van der Waals surface area contributed by atoms with Crippen molar-refractivity contribution < 1.29 is 56.1 Å². The van der Waals surface area contributed by atoms with Gasteiger partial charge in [-0.15, -0.1) is 0 Å². The van der Waals surface area contributed by atoms with E-state index in [1.54, 1.807) is 0 Å². The van der Waals surface area contributed by atoms with Crippen LogP contribution in [0.4, 0.5) is 0 Å². The fraction of sp³-hybridized carbons (Fsp3) is 0. The molecular formula is C24H14N4NiO8. The molecule has 0 aliphatic carbocycles.